The van der Waals surface area contributed by atoms with E-state index >= 15 is 0 Å². The van der Waals surface area contributed by atoms with Gasteiger partial charge in [-0.2, -0.15) is 13.2 Å². The lowest BCUT2D eigenvalue weighted by Gasteiger charge is -2.14. The molecule has 0 radical (unpaired) electrons. The lowest BCUT2D eigenvalue weighted by molar-refractivity contribution is -0.136. The van der Waals surface area contributed by atoms with Crippen molar-refractivity contribution >= 4 is 11.7 Å². The summed E-state index contributed by atoms with van der Waals surface area (Å²) in [6, 6.07) is 14.6. The Hall–Kier alpha value is -3.82. The van der Waals surface area contributed by atoms with Gasteiger partial charge in [0.1, 0.15) is 12.4 Å². The number of carbonyl (C=O) groups is 1. The predicted octanol–water partition coefficient (Wildman–Crippen LogP) is 4.37. The van der Waals surface area contributed by atoms with E-state index in [2.05, 4.69) is 20.8 Å². The molecule has 0 saturated carbocycles. The van der Waals surface area contributed by atoms with Gasteiger partial charge in [0.25, 0.3) is 0 Å². The van der Waals surface area contributed by atoms with Crippen LogP contribution in [0.15, 0.2) is 60.7 Å². The minimum atomic E-state index is -4.57. The number of rotatable bonds is 7. The average molecular weight is 432 g/mol. The van der Waals surface area contributed by atoms with Crippen LogP contribution >= 0.6 is 0 Å². The second kappa shape index (κ2) is 9.79. The number of hydrogen-bond donors (Lipinski definition) is 2. The highest BCUT2D eigenvalue weighted by atomic mass is 19.4. The van der Waals surface area contributed by atoms with Crippen LogP contribution in [0.4, 0.5) is 23.7 Å². The highest BCUT2D eigenvalue weighted by Gasteiger charge is 2.33. The summed E-state index contributed by atoms with van der Waals surface area (Å²) in [5, 5.41) is 12.7. The maximum Gasteiger partial charge on any atom is 0.418 e. The van der Waals surface area contributed by atoms with E-state index in [1.807, 2.05) is 24.3 Å². The molecule has 2 amide bonds. The van der Waals surface area contributed by atoms with Gasteiger partial charge in [0.05, 0.1) is 30.6 Å². The maximum atomic E-state index is 13.0. The van der Waals surface area contributed by atoms with Gasteiger partial charge in [0.15, 0.2) is 0 Å². The maximum absolute atomic E-state index is 13.0. The first kappa shape index (κ1) is 21.9. The molecule has 3 aromatic rings. The highest BCUT2D eigenvalue weighted by molar-refractivity contribution is 5.90. The molecule has 0 atom stereocenters. The van der Waals surface area contributed by atoms with Crippen LogP contribution in [0.1, 0.15) is 5.56 Å². The Kier molecular flexibility index (Phi) is 6.91. The minimum Gasteiger partial charge on any atom is -0.497 e. The number of benzene rings is 2. The number of methoxy groups -OCH3 is 1. The van der Waals surface area contributed by atoms with Crippen molar-refractivity contribution in [2.75, 3.05) is 25.6 Å². The van der Waals surface area contributed by atoms with Crippen LogP contribution in [-0.4, -0.2) is 36.5 Å². The van der Waals surface area contributed by atoms with Crippen molar-refractivity contribution in [2.24, 2.45) is 0 Å². The Labute approximate surface area is 176 Å². The number of nitrogens with zero attached hydrogens (tertiary/aromatic N) is 2. The molecule has 2 aromatic carbocycles. The number of anilines is 1. The van der Waals surface area contributed by atoms with Gasteiger partial charge in [0.2, 0.25) is 5.88 Å². The molecular weight excluding hydrogens is 413 g/mol. The second-order valence-corrected chi connectivity index (χ2v) is 6.26. The highest BCUT2D eigenvalue weighted by Crippen LogP contribution is 2.34. The summed E-state index contributed by atoms with van der Waals surface area (Å²) in [6.45, 7) is 0.118. The first-order valence-electron chi connectivity index (χ1n) is 9.19. The Morgan fingerprint density at radius 3 is 2.39 bits per heavy atom. The van der Waals surface area contributed by atoms with Crippen LogP contribution in [-0.2, 0) is 6.18 Å². The van der Waals surface area contributed by atoms with E-state index in [9.17, 15) is 18.0 Å². The number of para-hydroxylation sites is 1. The molecule has 0 aliphatic heterocycles. The molecule has 1 heterocycles. The Morgan fingerprint density at radius 2 is 1.74 bits per heavy atom. The summed E-state index contributed by atoms with van der Waals surface area (Å²) in [4.78, 5) is 11.9. The Balaban J connectivity index is 1.46. The van der Waals surface area contributed by atoms with E-state index in [0.29, 0.717) is 5.69 Å². The van der Waals surface area contributed by atoms with Crippen molar-refractivity contribution in [1.29, 1.82) is 0 Å². The summed E-state index contributed by atoms with van der Waals surface area (Å²) in [6.07, 6.45) is -4.57. The summed E-state index contributed by atoms with van der Waals surface area (Å²) < 4.78 is 49.4. The third kappa shape index (κ3) is 6.08. The van der Waals surface area contributed by atoms with Gasteiger partial charge >= 0.3 is 12.2 Å². The van der Waals surface area contributed by atoms with Crippen molar-refractivity contribution in [1.82, 2.24) is 15.5 Å². The largest absolute Gasteiger partial charge is 0.497 e. The monoisotopic (exact) mass is 432 g/mol. The molecule has 0 aliphatic rings. The fraction of sp³-hybridized carbons (Fsp3) is 0.190. The van der Waals surface area contributed by atoms with Crippen LogP contribution in [0.2, 0.25) is 0 Å². The van der Waals surface area contributed by atoms with Crippen molar-refractivity contribution < 1.29 is 27.4 Å². The first-order valence-corrected chi connectivity index (χ1v) is 9.19. The summed E-state index contributed by atoms with van der Waals surface area (Å²) in [7, 11) is 1.58. The van der Waals surface area contributed by atoms with Crippen LogP contribution < -0.4 is 20.1 Å². The normalized spacial score (nSPS) is 11.0. The molecule has 3 rings (SSSR count). The molecule has 0 aliphatic carbocycles. The first-order chi connectivity index (χ1) is 14.9. The smallest absolute Gasteiger partial charge is 0.418 e. The average Bonchev–Trinajstić information content (AvgIpc) is 2.77. The Bertz CT molecular complexity index is 1010. The number of halogens is 3. The number of hydrogen-bond acceptors (Lipinski definition) is 5. The van der Waals surface area contributed by atoms with Gasteiger partial charge in [-0.25, -0.2) is 4.79 Å². The molecule has 0 unspecified atom stereocenters. The number of urea groups is 1. The summed E-state index contributed by atoms with van der Waals surface area (Å²) in [5.74, 6) is 0.983. The van der Waals surface area contributed by atoms with Crippen LogP contribution in [0.25, 0.3) is 11.3 Å². The number of alkyl halides is 3. The predicted molar refractivity (Wildman–Crippen MR) is 108 cm³/mol. The zero-order valence-corrected chi connectivity index (χ0v) is 16.4. The molecular formula is C21H19F3N4O3. The van der Waals surface area contributed by atoms with Gasteiger partial charge in [-0.3, -0.25) is 0 Å². The molecule has 162 valence electrons. The molecule has 1 aromatic heterocycles. The third-order valence-electron chi connectivity index (χ3n) is 4.14. The number of carbonyl (C=O) groups excluding carboxylic acids is 1. The van der Waals surface area contributed by atoms with Crippen LogP contribution in [0, 0.1) is 0 Å². The van der Waals surface area contributed by atoms with Crippen molar-refractivity contribution in [3.8, 4) is 22.9 Å². The van der Waals surface area contributed by atoms with Crippen LogP contribution in [0.5, 0.6) is 11.6 Å². The quantitative estimate of drug-likeness (QED) is 0.542. The number of aromatic nitrogens is 2. The molecule has 0 fully saturated rings. The lowest BCUT2D eigenvalue weighted by Crippen LogP contribution is -2.32. The van der Waals surface area contributed by atoms with Crippen molar-refractivity contribution in [2.45, 2.75) is 6.18 Å². The zero-order valence-electron chi connectivity index (χ0n) is 16.4. The fourth-order valence-electron chi connectivity index (χ4n) is 2.64. The van der Waals surface area contributed by atoms with Gasteiger partial charge in [0, 0.05) is 11.6 Å². The third-order valence-corrected chi connectivity index (χ3v) is 4.14. The van der Waals surface area contributed by atoms with E-state index < -0.39 is 17.8 Å². The van der Waals surface area contributed by atoms with E-state index in [1.165, 1.54) is 18.2 Å². The number of nitrogens with one attached hydrogen (secondary N) is 2. The van der Waals surface area contributed by atoms with E-state index in [0.717, 1.165) is 17.4 Å². The van der Waals surface area contributed by atoms with E-state index in [4.69, 9.17) is 9.47 Å². The van der Waals surface area contributed by atoms with Crippen molar-refractivity contribution in [3.63, 3.8) is 0 Å². The second-order valence-electron chi connectivity index (χ2n) is 6.26. The SMILES string of the molecule is COc1ccc(-c2ccc(OCCNC(=O)Nc3ccccc3C(F)(F)F)nn2)cc1. The molecule has 0 spiro atoms. The molecule has 0 bridgehead atoms. The summed E-state index contributed by atoms with van der Waals surface area (Å²) >= 11 is 0. The number of amides is 2. The van der Waals surface area contributed by atoms with Crippen LogP contribution in [0.3, 0.4) is 0 Å². The van der Waals surface area contributed by atoms with Gasteiger partial charge in [-0.15, -0.1) is 10.2 Å². The topological polar surface area (TPSA) is 85.4 Å². The zero-order chi connectivity index (χ0) is 22.3. The molecule has 31 heavy (non-hydrogen) atoms. The molecule has 2 N–H and O–H groups in total. The standard InChI is InChI=1S/C21H19F3N4O3/c1-30-15-8-6-14(7-9-15)17-10-11-19(28-27-17)31-13-12-25-20(29)26-18-5-3-2-4-16(18)21(22,23)24/h2-11H,12-13H2,1H3,(H2,25,26,29). The van der Waals surface area contributed by atoms with E-state index in [1.54, 1.807) is 19.2 Å². The fourth-order valence-corrected chi connectivity index (χ4v) is 2.64. The number of ether oxygens (including phenoxy) is 2. The summed E-state index contributed by atoms with van der Waals surface area (Å²) in [5.41, 5.74) is 0.259. The van der Waals surface area contributed by atoms with Gasteiger partial charge in [-0.05, 0) is 42.5 Å². The van der Waals surface area contributed by atoms with Gasteiger partial charge < -0.3 is 20.1 Å². The minimum absolute atomic E-state index is 0.0575. The van der Waals surface area contributed by atoms with Gasteiger partial charge in [-0.1, -0.05) is 12.1 Å². The lowest BCUT2D eigenvalue weighted by atomic mass is 10.1. The Morgan fingerprint density at radius 1 is 1.00 bits per heavy atom. The van der Waals surface area contributed by atoms with Crippen molar-refractivity contribution in [3.05, 3.63) is 66.2 Å². The molecule has 7 nitrogen and oxygen atoms in total. The molecule has 10 heteroatoms. The molecule has 0 saturated heterocycles. The van der Waals surface area contributed by atoms with E-state index in [-0.39, 0.29) is 24.7 Å².